The Hall–Kier alpha value is -4.58. The van der Waals surface area contributed by atoms with Gasteiger partial charge in [-0.25, -0.2) is 0 Å². The lowest BCUT2D eigenvalue weighted by Gasteiger charge is -2.28. The first-order chi connectivity index (χ1) is 19.0. The van der Waals surface area contributed by atoms with Gasteiger partial charge in [-0.15, -0.1) is 0 Å². The summed E-state index contributed by atoms with van der Waals surface area (Å²) in [6.07, 6.45) is 3.78. The van der Waals surface area contributed by atoms with E-state index in [1.165, 1.54) is 24.9 Å². The fourth-order valence-electron chi connectivity index (χ4n) is 4.79. The Bertz CT molecular complexity index is 1410. The van der Waals surface area contributed by atoms with Gasteiger partial charge in [0.05, 0.1) is 0 Å². The molecule has 1 aliphatic rings. The van der Waals surface area contributed by atoms with Gasteiger partial charge in [0.15, 0.2) is 0 Å². The summed E-state index contributed by atoms with van der Waals surface area (Å²) in [5, 5.41) is 5.93. The van der Waals surface area contributed by atoms with Crippen molar-refractivity contribution in [2.45, 2.75) is 19.3 Å². The van der Waals surface area contributed by atoms with E-state index in [-0.39, 0.29) is 11.8 Å². The summed E-state index contributed by atoms with van der Waals surface area (Å²) in [5.41, 5.74) is 6.94. The van der Waals surface area contributed by atoms with Gasteiger partial charge < -0.3 is 20.4 Å². The van der Waals surface area contributed by atoms with Crippen LogP contribution in [-0.2, 0) is 0 Å². The van der Waals surface area contributed by atoms with Crippen molar-refractivity contribution in [3.8, 4) is 11.1 Å². The third-order valence-electron chi connectivity index (χ3n) is 7.12. The summed E-state index contributed by atoms with van der Waals surface area (Å²) in [6.45, 7) is 2.19. The molecule has 0 radical (unpaired) electrons. The fraction of sp³-hybridized carbons (Fsp3) is 0.212. The maximum absolute atomic E-state index is 12.8. The second-order valence-corrected chi connectivity index (χ2v) is 10.1. The molecule has 198 valence electrons. The molecule has 1 saturated heterocycles. The lowest BCUT2D eigenvalue weighted by atomic mass is 10.0. The summed E-state index contributed by atoms with van der Waals surface area (Å²) in [5.74, 6) is -0.298. The average molecular weight is 519 g/mol. The zero-order valence-corrected chi connectivity index (χ0v) is 22.5. The van der Waals surface area contributed by atoms with Crippen LogP contribution >= 0.6 is 0 Å². The molecule has 6 heteroatoms. The van der Waals surface area contributed by atoms with Crippen LogP contribution in [0.15, 0.2) is 97.1 Å². The minimum atomic E-state index is -0.157. The zero-order valence-electron chi connectivity index (χ0n) is 22.5. The molecule has 1 fully saturated rings. The summed E-state index contributed by atoms with van der Waals surface area (Å²) < 4.78 is 0. The highest BCUT2D eigenvalue weighted by molar-refractivity contribution is 6.05. The fourth-order valence-corrected chi connectivity index (χ4v) is 4.79. The van der Waals surface area contributed by atoms with Crippen molar-refractivity contribution in [2.24, 2.45) is 0 Å². The number of anilines is 4. The molecule has 0 bridgehead atoms. The predicted octanol–water partition coefficient (Wildman–Crippen LogP) is 6.91. The molecular formula is C33H34N4O2. The molecule has 6 nitrogen and oxygen atoms in total. The van der Waals surface area contributed by atoms with Crippen LogP contribution < -0.4 is 20.4 Å². The Morgan fingerprint density at radius 3 is 1.46 bits per heavy atom. The number of carbonyl (C=O) groups is 2. The number of nitrogens with zero attached hydrogens (tertiary/aromatic N) is 2. The Balaban J connectivity index is 1.18. The van der Waals surface area contributed by atoms with Crippen LogP contribution in [0, 0.1) is 0 Å². The summed E-state index contributed by atoms with van der Waals surface area (Å²) >= 11 is 0. The molecular weight excluding hydrogens is 484 g/mol. The van der Waals surface area contributed by atoms with Crippen molar-refractivity contribution in [3.05, 3.63) is 108 Å². The molecule has 0 unspecified atom stereocenters. The van der Waals surface area contributed by atoms with Crippen molar-refractivity contribution in [1.82, 2.24) is 0 Å². The van der Waals surface area contributed by atoms with Gasteiger partial charge >= 0.3 is 0 Å². The summed E-state index contributed by atoms with van der Waals surface area (Å²) in [6, 6.07) is 30.8. The van der Waals surface area contributed by atoms with Crippen LogP contribution in [0.25, 0.3) is 11.1 Å². The molecule has 1 aliphatic heterocycles. The maximum Gasteiger partial charge on any atom is 0.255 e. The van der Waals surface area contributed by atoms with E-state index in [4.69, 9.17) is 0 Å². The molecule has 0 saturated carbocycles. The van der Waals surface area contributed by atoms with E-state index in [9.17, 15) is 9.59 Å². The Kier molecular flexibility index (Phi) is 7.92. The normalized spacial score (nSPS) is 13.0. The van der Waals surface area contributed by atoms with Gasteiger partial charge in [-0.05, 0) is 103 Å². The molecule has 4 aromatic carbocycles. The largest absolute Gasteiger partial charge is 0.378 e. The van der Waals surface area contributed by atoms with Crippen LogP contribution in [-0.4, -0.2) is 39.0 Å². The quantitative estimate of drug-likeness (QED) is 0.279. The van der Waals surface area contributed by atoms with Gasteiger partial charge in [0.1, 0.15) is 0 Å². The molecule has 1 heterocycles. The second kappa shape index (κ2) is 11.9. The van der Waals surface area contributed by atoms with Gasteiger partial charge in [-0.3, -0.25) is 9.59 Å². The molecule has 0 aromatic heterocycles. The molecule has 4 aromatic rings. The van der Waals surface area contributed by atoms with E-state index >= 15 is 0 Å². The van der Waals surface area contributed by atoms with E-state index in [1.54, 1.807) is 0 Å². The van der Waals surface area contributed by atoms with Gasteiger partial charge in [0.25, 0.3) is 11.8 Å². The van der Waals surface area contributed by atoms with Crippen molar-refractivity contribution in [3.63, 3.8) is 0 Å². The van der Waals surface area contributed by atoms with Crippen LogP contribution in [0.2, 0.25) is 0 Å². The van der Waals surface area contributed by atoms with Gasteiger partial charge in [-0.2, -0.15) is 0 Å². The first-order valence-corrected chi connectivity index (χ1v) is 13.4. The Morgan fingerprint density at radius 1 is 0.590 bits per heavy atom. The van der Waals surface area contributed by atoms with E-state index in [2.05, 4.69) is 27.7 Å². The van der Waals surface area contributed by atoms with Crippen LogP contribution in [0.4, 0.5) is 22.7 Å². The second-order valence-electron chi connectivity index (χ2n) is 10.1. The van der Waals surface area contributed by atoms with Crippen molar-refractivity contribution in [1.29, 1.82) is 0 Å². The van der Waals surface area contributed by atoms with Crippen LogP contribution in [0.1, 0.15) is 40.0 Å². The SMILES string of the molecule is CN(C)c1ccc(NC(=O)c2ccc(-c3ccc(C(=O)Nc4ccc(N5CCCCC5)cc4)cc3)cc2)cc1. The standard InChI is InChI=1S/C33H34N4O2/c1-36(2)30-18-14-28(15-19-30)34-32(38)26-10-6-24(7-11-26)25-8-12-27(13-9-25)33(39)35-29-16-20-31(21-17-29)37-22-4-3-5-23-37/h6-21H,3-5,22-23H2,1-2H3,(H,34,38)(H,35,39). The molecule has 0 atom stereocenters. The number of benzene rings is 4. The number of hydrogen-bond donors (Lipinski definition) is 2. The molecule has 0 spiro atoms. The van der Waals surface area contributed by atoms with E-state index in [0.29, 0.717) is 11.1 Å². The predicted molar refractivity (Wildman–Crippen MR) is 161 cm³/mol. The van der Waals surface area contributed by atoms with Gasteiger partial charge in [0.2, 0.25) is 0 Å². The number of piperidine rings is 1. The Labute approximate surface area is 230 Å². The molecule has 5 rings (SSSR count). The van der Waals surface area contributed by atoms with Crippen molar-refractivity contribution < 1.29 is 9.59 Å². The van der Waals surface area contributed by atoms with Crippen molar-refractivity contribution >= 4 is 34.6 Å². The monoisotopic (exact) mass is 518 g/mol. The van der Waals surface area contributed by atoms with Crippen LogP contribution in [0.5, 0.6) is 0 Å². The van der Waals surface area contributed by atoms with Gasteiger partial charge in [-0.1, -0.05) is 24.3 Å². The van der Waals surface area contributed by atoms with Gasteiger partial charge in [0, 0.05) is 61.1 Å². The maximum atomic E-state index is 12.8. The smallest absolute Gasteiger partial charge is 0.255 e. The zero-order chi connectivity index (χ0) is 27.2. The summed E-state index contributed by atoms with van der Waals surface area (Å²) in [7, 11) is 3.96. The highest BCUT2D eigenvalue weighted by Crippen LogP contribution is 2.24. The molecule has 39 heavy (non-hydrogen) atoms. The molecule has 0 aliphatic carbocycles. The van der Waals surface area contributed by atoms with Crippen molar-refractivity contribution in [2.75, 3.05) is 47.6 Å². The van der Waals surface area contributed by atoms with Crippen LogP contribution in [0.3, 0.4) is 0 Å². The van der Waals surface area contributed by atoms with E-state index in [0.717, 1.165) is 41.3 Å². The topological polar surface area (TPSA) is 64.7 Å². The lowest BCUT2D eigenvalue weighted by Crippen LogP contribution is -2.29. The molecule has 2 amide bonds. The first-order valence-electron chi connectivity index (χ1n) is 13.4. The highest BCUT2D eigenvalue weighted by atomic mass is 16.2. The number of hydrogen-bond acceptors (Lipinski definition) is 4. The number of amides is 2. The third-order valence-corrected chi connectivity index (χ3v) is 7.12. The summed E-state index contributed by atoms with van der Waals surface area (Å²) in [4.78, 5) is 29.9. The third kappa shape index (κ3) is 6.47. The number of rotatable bonds is 7. The van der Waals surface area contributed by atoms with E-state index in [1.807, 2.05) is 104 Å². The lowest BCUT2D eigenvalue weighted by molar-refractivity contribution is 0.101. The number of nitrogens with one attached hydrogen (secondary N) is 2. The minimum Gasteiger partial charge on any atom is -0.378 e. The first kappa shape index (κ1) is 26.0. The average Bonchev–Trinajstić information content (AvgIpc) is 2.98. The molecule has 2 N–H and O–H groups in total. The Morgan fingerprint density at radius 2 is 1.03 bits per heavy atom. The van der Waals surface area contributed by atoms with E-state index < -0.39 is 0 Å². The number of carbonyl (C=O) groups excluding carboxylic acids is 2. The highest BCUT2D eigenvalue weighted by Gasteiger charge is 2.12. The minimum absolute atomic E-state index is 0.141.